The number of nitrogens with one attached hydrogen (secondary N) is 1. The third-order valence-electron chi connectivity index (χ3n) is 1.81. The summed E-state index contributed by atoms with van der Waals surface area (Å²) in [6.45, 7) is 8.43. The van der Waals surface area contributed by atoms with Gasteiger partial charge in [-0.3, -0.25) is 0 Å². The minimum atomic E-state index is -1.75. The van der Waals surface area contributed by atoms with E-state index in [0.717, 1.165) is 13.1 Å². The molecule has 2 nitrogen and oxygen atoms in total. The van der Waals surface area contributed by atoms with Crippen LogP contribution >= 0.6 is 11.1 Å². The van der Waals surface area contributed by atoms with Crippen molar-refractivity contribution >= 4 is 18.8 Å². The van der Waals surface area contributed by atoms with E-state index in [4.69, 9.17) is 11.1 Å². The molecule has 0 rings (SSSR count). The van der Waals surface area contributed by atoms with Crippen LogP contribution in [0, 0.1) is 0 Å². The lowest BCUT2D eigenvalue weighted by molar-refractivity contribution is 0.467. The lowest BCUT2D eigenvalue weighted by Crippen LogP contribution is -2.56. The van der Waals surface area contributed by atoms with Gasteiger partial charge in [0, 0.05) is 0 Å². The first-order valence-electron chi connectivity index (χ1n) is 3.71. The summed E-state index contributed by atoms with van der Waals surface area (Å²) in [6, 6.07) is 0. The van der Waals surface area contributed by atoms with Crippen LogP contribution < -0.4 is 4.98 Å². The molecule has 4 heteroatoms. The third kappa shape index (κ3) is 2.58. The fourth-order valence-electron chi connectivity index (χ4n) is 0.976. The van der Waals surface area contributed by atoms with E-state index in [1.807, 2.05) is 7.05 Å². The highest BCUT2D eigenvalue weighted by atomic mass is 35.6. The average molecular weight is 181 g/mol. The zero-order valence-electron chi connectivity index (χ0n) is 7.24. The van der Waals surface area contributed by atoms with Crippen LogP contribution in [0.1, 0.15) is 13.8 Å². The zero-order chi connectivity index (χ0) is 8.20. The quantitative estimate of drug-likeness (QED) is 0.519. The smallest absolute Gasteiger partial charge is 0.301 e. The molecule has 0 aliphatic carbocycles. The summed E-state index contributed by atoms with van der Waals surface area (Å²) < 4.78 is 2.29. The van der Waals surface area contributed by atoms with Crippen molar-refractivity contribution < 1.29 is 0 Å². The molecule has 0 aliphatic rings. The fourth-order valence-corrected chi connectivity index (χ4v) is 3.20. The highest BCUT2D eigenvalue weighted by Gasteiger charge is 2.28. The second-order valence-electron chi connectivity index (χ2n) is 2.38. The maximum Gasteiger partial charge on any atom is 0.301 e. The van der Waals surface area contributed by atoms with Crippen molar-refractivity contribution in [3.63, 3.8) is 0 Å². The van der Waals surface area contributed by atoms with Crippen LogP contribution in [0.15, 0.2) is 0 Å². The molecule has 0 aromatic rings. The van der Waals surface area contributed by atoms with Crippen LogP contribution in [0.5, 0.6) is 0 Å². The number of rotatable bonds is 4. The first kappa shape index (κ1) is 10.4. The molecule has 1 N–H and O–H groups in total. The minimum absolute atomic E-state index is 1.03. The van der Waals surface area contributed by atoms with Crippen LogP contribution in [0.25, 0.3) is 0 Å². The van der Waals surface area contributed by atoms with Gasteiger partial charge in [-0.1, -0.05) is 13.8 Å². The third-order valence-corrected chi connectivity index (χ3v) is 5.83. The highest BCUT2D eigenvalue weighted by molar-refractivity contribution is 7.16. The average Bonchev–Trinajstić information content (AvgIpc) is 1.90. The van der Waals surface area contributed by atoms with E-state index in [2.05, 4.69) is 29.9 Å². The van der Waals surface area contributed by atoms with Crippen molar-refractivity contribution in [1.82, 2.24) is 9.55 Å². The number of halogens is 1. The van der Waals surface area contributed by atoms with Gasteiger partial charge < -0.3 is 9.55 Å². The van der Waals surface area contributed by atoms with Crippen molar-refractivity contribution in [1.29, 1.82) is 0 Å². The van der Waals surface area contributed by atoms with Gasteiger partial charge in [0.1, 0.15) is 0 Å². The number of hydrogen-bond acceptors (Lipinski definition) is 2. The summed E-state index contributed by atoms with van der Waals surface area (Å²) in [5, 5.41) is 0. The topological polar surface area (TPSA) is 15.3 Å². The second-order valence-corrected chi connectivity index (χ2v) is 7.62. The van der Waals surface area contributed by atoms with Gasteiger partial charge in [0.05, 0.1) is 0 Å². The minimum Gasteiger partial charge on any atom is -0.316 e. The van der Waals surface area contributed by atoms with E-state index in [1.54, 1.807) is 0 Å². The van der Waals surface area contributed by atoms with Crippen molar-refractivity contribution in [3.8, 4) is 0 Å². The molecular formula is C6H17ClN2Si. The summed E-state index contributed by atoms with van der Waals surface area (Å²) in [5.74, 6) is 0. The van der Waals surface area contributed by atoms with Crippen molar-refractivity contribution in [3.05, 3.63) is 0 Å². The van der Waals surface area contributed by atoms with Crippen molar-refractivity contribution in [2.24, 2.45) is 0 Å². The Labute approximate surface area is 69.4 Å². The molecule has 1 unspecified atom stereocenters. The molecule has 0 radical (unpaired) electrons. The van der Waals surface area contributed by atoms with E-state index in [-0.39, 0.29) is 0 Å². The lowest BCUT2D eigenvalue weighted by atomic mass is 10.7. The molecule has 1 atom stereocenters. The summed E-state index contributed by atoms with van der Waals surface area (Å²) in [4.78, 5) is 3.17. The molecule has 0 bridgehead atoms. The van der Waals surface area contributed by atoms with E-state index in [9.17, 15) is 0 Å². The predicted octanol–water partition coefficient (Wildman–Crippen LogP) is 1.36. The number of nitrogens with zero attached hydrogens (tertiary/aromatic N) is 1. The Balaban J connectivity index is 3.97. The van der Waals surface area contributed by atoms with Crippen LogP contribution in [-0.2, 0) is 0 Å². The molecule has 62 valence electrons. The lowest BCUT2D eigenvalue weighted by Gasteiger charge is -2.31. The van der Waals surface area contributed by atoms with Gasteiger partial charge in [0.2, 0.25) is 0 Å². The van der Waals surface area contributed by atoms with Crippen LogP contribution in [0.4, 0.5) is 0 Å². The first-order chi connectivity index (χ1) is 4.58. The molecule has 0 saturated carbocycles. The van der Waals surface area contributed by atoms with Gasteiger partial charge >= 0.3 is 7.71 Å². The van der Waals surface area contributed by atoms with Crippen molar-refractivity contribution in [2.45, 2.75) is 20.4 Å². The van der Waals surface area contributed by atoms with Crippen molar-refractivity contribution in [2.75, 3.05) is 20.1 Å². The van der Waals surface area contributed by atoms with E-state index >= 15 is 0 Å². The van der Waals surface area contributed by atoms with E-state index < -0.39 is 7.71 Å². The highest BCUT2D eigenvalue weighted by Crippen LogP contribution is 2.09. The molecule has 0 aliphatic heterocycles. The molecular weight excluding hydrogens is 164 g/mol. The molecule has 0 spiro atoms. The molecule has 10 heavy (non-hydrogen) atoms. The first-order valence-corrected chi connectivity index (χ1v) is 7.17. The van der Waals surface area contributed by atoms with Gasteiger partial charge in [0.15, 0.2) is 0 Å². The van der Waals surface area contributed by atoms with Gasteiger partial charge in [-0.2, -0.15) is 0 Å². The van der Waals surface area contributed by atoms with E-state index in [1.165, 1.54) is 0 Å². The maximum absolute atomic E-state index is 6.24. The fraction of sp³-hybridized carbons (Fsp3) is 1.00. The normalized spacial score (nSPS) is 17.4. The Morgan fingerprint density at radius 2 is 1.80 bits per heavy atom. The van der Waals surface area contributed by atoms with Gasteiger partial charge in [-0.15, -0.1) is 11.1 Å². The monoisotopic (exact) mass is 180 g/mol. The Morgan fingerprint density at radius 1 is 1.40 bits per heavy atom. The summed E-state index contributed by atoms with van der Waals surface area (Å²) >= 11 is 6.24. The van der Waals surface area contributed by atoms with Gasteiger partial charge in [-0.25, -0.2) is 0 Å². The SMILES string of the molecule is CCN(CC)[Si](C)(Cl)NC. The Morgan fingerprint density at radius 3 is 1.90 bits per heavy atom. The van der Waals surface area contributed by atoms with Crippen LogP contribution in [0.2, 0.25) is 6.55 Å². The summed E-state index contributed by atoms with van der Waals surface area (Å²) in [5.41, 5.74) is 0. The second kappa shape index (κ2) is 4.33. The molecule has 0 fully saturated rings. The summed E-state index contributed by atoms with van der Waals surface area (Å²) in [7, 11) is 0.177. The predicted molar refractivity (Wildman–Crippen MR) is 49.5 cm³/mol. The van der Waals surface area contributed by atoms with Crippen LogP contribution in [0.3, 0.4) is 0 Å². The zero-order valence-corrected chi connectivity index (χ0v) is 9.00. The van der Waals surface area contributed by atoms with Gasteiger partial charge in [0.25, 0.3) is 0 Å². The maximum atomic E-state index is 6.24. The van der Waals surface area contributed by atoms with E-state index in [0.29, 0.717) is 0 Å². The largest absolute Gasteiger partial charge is 0.316 e. The number of hydrogen-bond donors (Lipinski definition) is 1. The molecule has 0 heterocycles. The Kier molecular flexibility index (Phi) is 4.52. The Bertz CT molecular complexity index is 93.7. The summed E-state index contributed by atoms with van der Waals surface area (Å²) in [6.07, 6.45) is 0. The Hall–Kier alpha value is 0.427. The molecule has 0 saturated heterocycles. The van der Waals surface area contributed by atoms with Crippen LogP contribution in [-0.4, -0.2) is 32.4 Å². The molecule has 0 aromatic heterocycles. The molecule has 0 amide bonds. The standard InChI is InChI=1S/C6H17ClN2Si/c1-5-9(6-2)10(4,7)8-3/h8H,5-6H2,1-4H3. The van der Waals surface area contributed by atoms with Gasteiger partial charge in [-0.05, 0) is 26.7 Å². The molecule has 0 aromatic carbocycles.